The molecule has 0 spiro atoms. The standard InChI is InChI=1S/C19H18N4O4S/c1-3-27-17-10-13(9-16(23(24)25)18(17)26-2)11-20-22-19-21-15(12-28-19)14-7-5-4-6-8-14/h4-12H,3H2,1-2H3,(H,21,22)/b20-11-. The van der Waals surface area contributed by atoms with E-state index in [-0.39, 0.29) is 11.4 Å². The van der Waals surface area contributed by atoms with Crippen LogP contribution >= 0.6 is 11.3 Å². The van der Waals surface area contributed by atoms with Gasteiger partial charge in [0, 0.05) is 22.6 Å². The van der Waals surface area contributed by atoms with Gasteiger partial charge in [-0.25, -0.2) is 4.98 Å². The highest BCUT2D eigenvalue weighted by atomic mass is 32.1. The molecule has 0 bridgehead atoms. The number of hydrogen-bond acceptors (Lipinski definition) is 8. The van der Waals surface area contributed by atoms with Gasteiger partial charge in [0.1, 0.15) is 0 Å². The van der Waals surface area contributed by atoms with Crippen molar-refractivity contribution in [3.05, 3.63) is 63.5 Å². The fourth-order valence-electron chi connectivity index (χ4n) is 2.51. The minimum absolute atomic E-state index is 0.0874. The maximum absolute atomic E-state index is 11.3. The van der Waals surface area contributed by atoms with Crippen molar-refractivity contribution < 1.29 is 14.4 Å². The molecule has 0 aliphatic rings. The van der Waals surface area contributed by atoms with E-state index in [1.54, 1.807) is 13.0 Å². The molecule has 0 saturated carbocycles. The molecule has 2 aromatic carbocycles. The van der Waals surface area contributed by atoms with Crippen LogP contribution in [-0.2, 0) is 0 Å². The third-order valence-electron chi connectivity index (χ3n) is 3.71. The number of hydrogen-bond donors (Lipinski definition) is 1. The monoisotopic (exact) mass is 398 g/mol. The van der Waals surface area contributed by atoms with Crippen molar-refractivity contribution in [3.63, 3.8) is 0 Å². The van der Waals surface area contributed by atoms with E-state index in [9.17, 15) is 10.1 Å². The van der Waals surface area contributed by atoms with E-state index in [1.165, 1.54) is 30.7 Å². The summed E-state index contributed by atoms with van der Waals surface area (Å²) in [7, 11) is 1.37. The summed E-state index contributed by atoms with van der Waals surface area (Å²) in [6, 6.07) is 12.8. The number of benzene rings is 2. The number of methoxy groups -OCH3 is 1. The second-order valence-electron chi connectivity index (χ2n) is 5.54. The Labute approximate surface area is 165 Å². The van der Waals surface area contributed by atoms with E-state index in [0.717, 1.165) is 11.3 Å². The molecule has 0 fully saturated rings. The third kappa shape index (κ3) is 4.44. The molecule has 1 N–H and O–H groups in total. The number of ether oxygens (including phenoxy) is 2. The van der Waals surface area contributed by atoms with Crippen LogP contribution in [0.25, 0.3) is 11.3 Å². The molecular weight excluding hydrogens is 380 g/mol. The molecule has 0 amide bonds. The number of anilines is 1. The fourth-order valence-corrected chi connectivity index (χ4v) is 3.18. The van der Waals surface area contributed by atoms with Crippen molar-refractivity contribution in [3.8, 4) is 22.8 Å². The number of hydrazone groups is 1. The average molecular weight is 398 g/mol. The summed E-state index contributed by atoms with van der Waals surface area (Å²) < 4.78 is 10.6. The van der Waals surface area contributed by atoms with Crippen molar-refractivity contribution in [2.24, 2.45) is 5.10 Å². The largest absolute Gasteiger partial charge is 0.490 e. The average Bonchev–Trinajstić information content (AvgIpc) is 3.17. The molecule has 0 atom stereocenters. The number of nitro groups is 1. The Hall–Kier alpha value is -3.46. The zero-order chi connectivity index (χ0) is 19.9. The minimum Gasteiger partial charge on any atom is -0.490 e. The molecule has 8 nitrogen and oxygen atoms in total. The molecule has 0 radical (unpaired) electrons. The summed E-state index contributed by atoms with van der Waals surface area (Å²) in [5.41, 5.74) is 5.03. The number of nitrogens with zero attached hydrogens (tertiary/aromatic N) is 3. The second kappa shape index (κ2) is 8.96. The molecule has 0 aliphatic heterocycles. The normalized spacial score (nSPS) is 10.8. The van der Waals surface area contributed by atoms with E-state index >= 15 is 0 Å². The SMILES string of the molecule is CCOc1cc(/C=N\Nc2nc(-c3ccccc3)cs2)cc([N+](=O)[O-])c1OC. The summed E-state index contributed by atoms with van der Waals surface area (Å²) in [6.45, 7) is 2.15. The van der Waals surface area contributed by atoms with E-state index in [2.05, 4.69) is 15.5 Å². The van der Waals surface area contributed by atoms with E-state index < -0.39 is 4.92 Å². The third-order valence-corrected chi connectivity index (χ3v) is 4.45. The van der Waals surface area contributed by atoms with Gasteiger partial charge >= 0.3 is 5.69 Å². The molecule has 1 heterocycles. The Morgan fingerprint density at radius 3 is 2.79 bits per heavy atom. The summed E-state index contributed by atoms with van der Waals surface area (Å²) in [5, 5.41) is 18.0. The van der Waals surface area contributed by atoms with Crippen LogP contribution in [0.3, 0.4) is 0 Å². The quantitative estimate of drug-likeness (QED) is 0.339. The van der Waals surface area contributed by atoms with Crippen LogP contribution < -0.4 is 14.9 Å². The lowest BCUT2D eigenvalue weighted by Gasteiger charge is -2.10. The fraction of sp³-hybridized carbons (Fsp3) is 0.158. The van der Waals surface area contributed by atoms with Crippen molar-refractivity contribution in [1.82, 2.24) is 4.98 Å². The lowest BCUT2D eigenvalue weighted by Crippen LogP contribution is -2.01. The number of nitro benzene ring substituents is 1. The number of nitrogens with one attached hydrogen (secondary N) is 1. The highest BCUT2D eigenvalue weighted by Gasteiger charge is 2.21. The topological polar surface area (TPSA) is 98.9 Å². The molecule has 9 heteroatoms. The van der Waals surface area contributed by atoms with Gasteiger partial charge in [-0.15, -0.1) is 11.3 Å². The first-order valence-electron chi connectivity index (χ1n) is 8.41. The molecule has 0 saturated heterocycles. The molecule has 144 valence electrons. The van der Waals surface area contributed by atoms with Crippen molar-refractivity contribution in [1.29, 1.82) is 0 Å². The number of rotatable bonds is 8. The zero-order valence-electron chi connectivity index (χ0n) is 15.3. The smallest absolute Gasteiger partial charge is 0.315 e. The van der Waals surface area contributed by atoms with E-state index in [4.69, 9.17) is 9.47 Å². The first-order valence-corrected chi connectivity index (χ1v) is 9.29. The Bertz CT molecular complexity index is 989. The first-order chi connectivity index (χ1) is 13.6. The van der Waals surface area contributed by atoms with Crippen LogP contribution in [0, 0.1) is 10.1 Å². The summed E-state index contributed by atoms with van der Waals surface area (Å²) >= 11 is 1.42. The lowest BCUT2D eigenvalue weighted by atomic mass is 10.2. The number of aromatic nitrogens is 1. The Balaban J connectivity index is 1.79. The molecule has 0 aliphatic carbocycles. The molecule has 1 aromatic heterocycles. The maximum Gasteiger partial charge on any atom is 0.315 e. The number of thiazole rings is 1. The van der Waals surface area contributed by atoms with E-state index in [0.29, 0.717) is 23.1 Å². The van der Waals surface area contributed by atoms with Gasteiger partial charge < -0.3 is 9.47 Å². The van der Waals surface area contributed by atoms with Gasteiger partial charge in [-0.3, -0.25) is 15.5 Å². The Kier molecular flexibility index (Phi) is 6.18. The highest BCUT2D eigenvalue weighted by Crippen LogP contribution is 2.37. The van der Waals surface area contributed by atoms with Crippen LogP contribution in [-0.4, -0.2) is 29.8 Å². The zero-order valence-corrected chi connectivity index (χ0v) is 16.1. The van der Waals surface area contributed by atoms with Gasteiger partial charge in [-0.2, -0.15) is 5.10 Å². The predicted molar refractivity (Wildman–Crippen MR) is 110 cm³/mol. The van der Waals surface area contributed by atoms with Gasteiger partial charge in [-0.1, -0.05) is 30.3 Å². The molecular formula is C19H18N4O4S. The van der Waals surface area contributed by atoms with Crippen LogP contribution in [0.5, 0.6) is 11.5 Å². The Morgan fingerprint density at radius 2 is 2.11 bits per heavy atom. The second-order valence-corrected chi connectivity index (χ2v) is 6.39. The van der Waals surface area contributed by atoms with Crippen LogP contribution in [0.1, 0.15) is 12.5 Å². The van der Waals surface area contributed by atoms with Crippen molar-refractivity contribution in [2.45, 2.75) is 6.92 Å². The van der Waals surface area contributed by atoms with Crippen molar-refractivity contribution >= 4 is 28.4 Å². The van der Waals surface area contributed by atoms with Crippen LogP contribution in [0.15, 0.2) is 52.9 Å². The van der Waals surface area contributed by atoms with Gasteiger partial charge in [0.05, 0.1) is 30.5 Å². The van der Waals surface area contributed by atoms with Gasteiger partial charge in [0.25, 0.3) is 0 Å². The van der Waals surface area contributed by atoms with Crippen molar-refractivity contribution in [2.75, 3.05) is 19.1 Å². The summed E-state index contributed by atoms with van der Waals surface area (Å²) in [6.07, 6.45) is 1.47. The van der Waals surface area contributed by atoms with E-state index in [1.807, 2.05) is 35.7 Å². The predicted octanol–water partition coefficient (Wildman–Crippen LogP) is 4.57. The molecule has 3 rings (SSSR count). The van der Waals surface area contributed by atoms with Gasteiger partial charge in [0.2, 0.25) is 10.9 Å². The van der Waals surface area contributed by atoms with Crippen LogP contribution in [0.2, 0.25) is 0 Å². The Morgan fingerprint density at radius 1 is 1.32 bits per heavy atom. The molecule has 3 aromatic rings. The minimum atomic E-state index is -0.515. The van der Waals surface area contributed by atoms with Crippen LogP contribution in [0.4, 0.5) is 10.8 Å². The molecule has 28 heavy (non-hydrogen) atoms. The maximum atomic E-state index is 11.3. The summed E-state index contributed by atoms with van der Waals surface area (Å²) in [5.74, 6) is 0.380. The van der Waals surface area contributed by atoms with Gasteiger partial charge in [0.15, 0.2) is 5.75 Å². The summed E-state index contributed by atoms with van der Waals surface area (Å²) in [4.78, 5) is 15.3. The first kappa shape index (κ1) is 19.3. The van der Waals surface area contributed by atoms with Gasteiger partial charge in [-0.05, 0) is 13.0 Å². The highest BCUT2D eigenvalue weighted by molar-refractivity contribution is 7.14. The lowest BCUT2D eigenvalue weighted by molar-refractivity contribution is -0.385. The molecule has 0 unspecified atom stereocenters.